The molecule has 1 heterocycles. The van der Waals surface area contributed by atoms with Crippen LogP contribution in [0.1, 0.15) is 112 Å². The standard InChI is InChI=1S/C30H50O3/c1-25(2)21-8-9-22-28(6)13-11-20(19-7-10-24(33-17-19)26(3,4)32)27(28,5)15-16-30(22)18-29(21,30)14-12-23(25)31/h19-24,31-32H,7-18H2,1-6H3/t19-,20+,21-,22-,23-,24+,27+,28-,29+,30-/m1/s1. The summed E-state index contributed by atoms with van der Waals surface area (Å²) in [6.45, 7) is 14.8. The molecule has 33 heavy (non-hydrogen) atoms. The van der Waals surface area contributed by atoms with Crippen molar-refractivity contribution in [2.45, 2.75) is 130 Å². The Morgan fingerprint density at radius 3 is 2.12 bits per heavy atom. The van der Waals surface area contributed by atoms with Crippen LogP contribution in [0.15, 0.2) is 0 Å². The predicted molar refractivity (Wildman–Crippen MR) is 132 cm³/mol. The van der Waals surface area contributed by atoms with Gasteiger partial charge in [0.25, 0.3) is 0 Å². The second-order valence-electron chi connectivity index (χ2n) is 15.3. The average Bonchev–Trinajstić information content (AvgIpc) is 3.33. The SMILES string of the molecule is CC(C)(O)[C@@H]1CC[C@@H]([C@@H]2CC[C@]3(C)[C@H]4CC[C@@H]5C(C)(C)[C@H](O)CC[C@]56C[C@]46CC[C@@]23C)CO1. The van der Waals surface area contributed by atoms with Crippen LogP contribution < -0.4 is 0 Å². The molecule has 0 unspecified atom stereocenters. The van der Waals surface area contributed by atoms with Gasteiger partial charge < -0.3 is 14.9 Å². The Kier molecular flexibility index (Phi) is 4.80. The highest BCUT2D eigenvalue weighted by Crippen LogP contribution is 2.89. The molecule has 2 N–H and O–H groups in total. The van der Waals surface area contributed by atoms with Gasteiger partial charge in [0.05, 0.1) is 24.4 Å². The molecule has 10 atom stereocenters. The Labute approximate surface area is 202 Å². The third-order valence-corrected chi connectivity index (χ3v) is 13.8. The summed E-state index contributed by atoms with van der Waals surface area (Å²) in [5.74, 6) is 3.04. The van der Waals surface area contributed by atoms with E-state index in [1.165, 1.54) is 57.8 Å². The van der Waals surface area contributed by atoms with E-state index in [0.717, 1.165) is 37.2 Å². The Morgan fingerprint density at radius 1 is 0.758 bits per heavy atom. The van der Waals surface area contributed by atoms with Crippen LogP contribution in [0.3, 0.4) is 0 Å². The number of rotatable bonds is 2. The summed E-state index contributed by atoms with van der Waals surface area (Å²) in [7, 11) is 0. The normalized spacial score (nSPS) is 57.5. The second kappa shape index (κ2) is 6.80. The fraction of sp³-hybridized carbons (Fsp3) is 1.00. The van der Waals surface area contributed by atoms with Gasteiger partial charge in [-0.15, -0.1) is 0 Å². The number of aliphatic hydroxyl groups excluding tert-OH is 1. The first kappa shape index (κ1) is 23.3. The lowest BCUT2D eigenvalue weighted by molar-refractivity contribution is -0.172. The Hall–Kier alpha value is -0.120. The summed E-state index contributed by atoms with van der Waals surface area (Å²) in [4.78, 5) is 0. The van der Waals surface area contributed by atoms with Crippen molar-refractivity contribution in [1.29, 1.82) is 0 Å². The molecule has 6 fully saturated rings. The van der Waals surface area contributed by atoms with Crippen molar-refractivity contribution in [2.24, 2.45) is 50.7 Å². The number of hydrogen-bond donors (Lipinski definition) is 2. The monoisotopic (exact) mass is 458 g/mol. The highest BCUT2D eigenvalue weighted by atomic mass is 16.5. The van der Waals surface area contributed by atoms with Crippen LogP contribution in [0.2, 0.25) is 0 Å². The highest BCUT2D eigenvalue weighted by Gasteiger charge is 2.82. The molecule has 3 heteroatoms. The van der Waals surface area contributed by atoms with Crippen molar-refractivity contribution >= 4 is 0 Å². The largest absolute Gasteiger partial charge is 0.393 e. The average molecular weight is 459 g/mol. The summed E-state index contributed by atoms with van der Waals surface area (Å²) in [6.07, 6.45) is 14.2. The first-order chi connectivity index (χ1) is 15.3. The first-order valence-corrected chi connectivity index (χ1v) is 14.3. The van der Waals surface area contributed by atoms with Crippen LogP contribution in [0, 0.1) is 50.7 Å². The van der Waals surface area contributed by atoms with Crippen molar-refractivity contribution in [3.63, 3.8) is 0 Å². The van der Waals surface area contributed by atoms with E-state index < -0.39 is 5.60 Å². The molecule has 6 aliphatic rings. The minimum atomic E-state index is -0.726. The third-order valence-electron chi connectivity index (χ3n) is 13.8. The Bertz CT molecular complexity index is 806. The molecule has 0 aromatic rings. The summed E-state index contributed by atoms with van der Waals surface area (Å²) in [5.41, 5.74) is 1.36. The number of aliphatic hydroxyl groups is 2. The van der Waals surface area contributed by atoms with E-state index >= 15 is 0 Å². The van der Waals surface area contributed by atoms with Crippen LogP contribution in [-0.4, -0.2) is 34.6 Å². The molecular formula is C30H50O3. The van der Waals surface area contributed by atoms with Gasteiger partial charge in [-0.1, -0.05) is 27.7 Å². The molecule has 5 aliphatic carbocycles. The predicted octanol–water partition coefficient (Wildman–Crippen LogP) is 6.35. The molecule has 0 radical (unpaired) electrons. The van der Waals surface area contributed by atoms with Gasteiger partial charge in [0.15, 0.2) is 0 Å². The minimum Gasteiger partial charge on any atom is -0.393 e. The van der Waals surface area contributed by atoms with Gasteiger partial charge >= 0.3 is 0 Å². The van der Waals surface area contributed by atoms with E-state index in [1.807, 2.05) is 13.8 Å². The molecular weight excluding hydrogens is 408 g/mol. The molecule has 2 spiro atoms. The van der Waals surface area contributed by atoms with E-state index in [-0.39, 0.29) is 17.6 Å². The van der Waals surface area contributed by atoms with E-state index in [9.17, 15) is 10.2 Å². The smallest absolute Gasteiger partial charge is 0.0856 e. The van der Waals surface area contributed by atoms with E-state index in [2.05, 4.69) is 27.7 Å². The van der Waals surface area contributed by atoms with Gasteiger partial charge in [0.2, 0.25) is 0 Å². The lowest BCUT2D eigenvalue weighted by atomic mass is 9.41. The maximum atomic E-state index is 10.9. The van der Waals surface area contributed by atoms with Gasteiger partial charge in [-0.3, -0.25) is 0 Å². The van der Waals surface area contributed by atoms with Gasteiger partial charge in [0, 0.05) is 0 Å². The molecule has 188 valence electrons. The van der Waals surface area contributed by atoms with E-state index in [0.29, 0.717) is 27.6 Å². The summed E-state index contributed by atoms with van der Waals surface area (Å²) in [6, 6.07) is 0. The zero-order chi connectivity index (χ0) is 23.7. The Morgan fingerprint density at radius 2 is 1.45 bits per heavy atom. The third kappa shape index (κ3) is 2.74. The Balaban J connectivity index is 1.25. The maximum Gasteiger partial charge on any atom is 0.0856 e. The topological polar surface area (TPSA) is 49.7 Å². The minimum absolute atomic E-state index is 0.00410. The molecule has 3 nitrogen and oxygen atoms in total. The number of fused-ring (bicyclic) bond motifs is 2. The van der Waals surface area contributed by atoms with Crippen molar-refractivity contribution in [1.82, 2.24) is 0 Å². The molecule has 1 saturated heterocycles. The fourth-order valence-corrected chi connectivity index (χ4v) is 11.8. The molecule has 5 saturated carbocycles. The fourth-order valence-electron chi connectivity index (χ4n) is 11.8. The molecule has 1 aliphatic heterocycles. The second-order valence-corrected chi connectivity index (χ2v) is 15.3. The van der Waals surface area contributed by atoms with Crippen LogP contribution in [-0.2, 0) is 4.74 Å². The molecule has 0 bridgehead atoms. The maximum absolute atomic E-state index is 10.9. The van der Waals surface area contributed by atoms with Crippen molar-refractivity contribution < 1.29 is 14.9 Å². The van der Waals surface area contributed by atoms with Gasteiger partial charge in [0.1, 0.15) is 0 Å². The van der Waals surface area contributed by atoms with Crippen molar-refractivity contribution in [2.75, 3.05) is 6.61 Å². The number of ether oxygens (including phenoxy) is 1. The molecule has 0 amide bonds. The lowest BCUT2D eigenvalue weighted by Crippen LogP contribution is -2.58. The number of hydrogen-bond acceptors (Lipinski definition) is 3. The quantitative estimate of drug-likeness (QED) is 0.507. The van der Waals surface area contributed by atoms with Crippen LogP contribution >= 0.6 is 0 Å². The summed E-state index contributed by atoms with van der Waals surface area (Å²) in [5, 5.41) is 21.3. The highest BCUT2D eigenvalue weighted by molar-refractivity contribution is 5.30. The summed E-state index contributed by atoms with van der Waals surface area (Å²) >= 11 is 0. The zero-order valence-corrected chi connectivity index (χ0v) is 22.3. The first-order valence-electron chi connectivity index (χ1n) is 14.3. The van der Waals surface area contributed by atoms with Crippen LogP contribution in [0.4, 0.5) is 0 Å². The van der Waals surface area contributed by atoms with Gasteiger partial charge in [-0.05, 0) is 135 Å². The van der Waals surface area contributed by atoms with Crippen molar-refractivity contribution in [3.8, 4) is 0 Å². The molecule has 0 aromatic carbocycles. The molecule has 6 rings (SSSR count). The van der Waals surface area contributed by atoms with E-state index in [4.69, 9.17) is 4.74 Å². The lowest BCUT2D eigenvalue weighted by Gasteiger charge is -2.63. The van der Waals surface area contributed by atoms with Gasteiger partial charge in [-0.2, -0.15) is 0 Å². The zero-order valence-electron chi connectivity index (χ0n) is 22.3. The van der Waals surface area contributed by atoms with Gasteiger partial charge in [-0.25, -0.2) is 0 Å². The summed E-state index contributed by atoms with van der Waals surface area (Å²) < 4.78 is 6.29. The van der Waals surface area contributed by atoms with Crippen LogP contribution in [0.5, 0.6) is 0 Å². The van der Waals surface area contributed by atoms with Crippen LogP contribution in [0.25, 0.3) is 0 Å². The molecule has 0 aromatic heterocycles. The van der Waals surface area contributed by atoms with Crippen molar-refractivity contribution in [3.05, 3.63) is 0 Å². The van der Waals surface area contributed by atoms with E-state index in [1.54, 1.807) is 0 Å².